The van der Waals surface area contributed by atoms with Crippen molar-refractivity contribution < 1.29 is 0 Å². The first-order valence-electron chi connectivity index (χ1n) is 6.49. The van der Waals surface area contributed by atoms with E-state index in [-0.39, 0.29) is 0 Å². The van der Waals surface area contributed by atoms with Crippen molar-refractivity contribution in [3.05, 3.63) is 0 Å². The van der Waals surface area contributed by atoms with Gasteiger partial charge in [0.25, 0.3) is 0 Å². The van der Waals surface area contributed by atoms with E-state index in [0.29, 0.717) is 5.41 Å². The fourth-order valence-electron chi connectivity index (χ4n) is 3.44. The van der Waals surface area contributed by atoms with Crippen LogP contribution in [0.1, 0.15) is 39.5 Å². The van der Waals surface area contributed by atoms with E-state index in [4.69, 9.17) is 0 Å². The summed E-state index contributed by atoms with van der Waals surface area (Å²) in [4.78, 5) is 2.57. The van der Waals surface area contributed by atoms with Crippen molar-refractivity contribution in [1.29, 1.82) is 0 Å². The summed E-state index contributed by atoms with van der Waals surface area (Å²) in [5.41, 5.74) is 0.585. The molecule has 0 spiro atoms. The molecule has 1 aliphatic heterocycles. The summed E-state index contributed by atoms with van der Waals surface area (Å²) < 4.78 is 0. The summed E-state index contributed by atoms with van der Waals surface area (Å²) in [6.45, 7) is 8.48. The first-order valence-corrected chi connectivity index (χ1v) is 6.49. The molecule has 2 heteroatoms. The van der Waals surface area contributed by atoms with E-state index in [2.05, 4.69) is 31.1 Å². The van der Waals surface area contributed by atoms with Crippen molar-refractivity contribution >= 4 is 0 Å². The van der Waals surface area contributed by atoms with Gasteiger partial charge in [-0.25, -0.2) is 0 Å². The van der Waals surface area contributed by atoms with Crippen LogP contribution in [0.25, 0.3) is 0 Å². The number of hydrogen-bond acceptors (Lipinski definition) is 2. The van der Waals surface area contributed by atoms with Crippen molar-refractivity contribution in [3.8, 4) is 0 Å². The Morgan fingerprint density at radius 2 is 2.13 bits per heavy atom. The van der Waals surface area contributed by atoms with E-state index in [9.17, 15) is 0 Å². The normalized spacial score (nSPS) is 37.8. The van der Waals surface area contributed by atoms with Crippen molar-refractivity contribution in [2.45, 2.75) is 45.6 Å². The predicted octanol–water partition coefficient (Wildman–Crippen LogP) is 2.11. The van der Waals surface area contributed by atoms with Gasteiger partial charge in [-0.15, -0.1) is 0 Å². The van der Waals surface area contributed by atoms with Crippen LogP contribution < -0.4 is 5.32 Å². The molecule has 1 heterocycles. The fourth-order valence-corrected chi connectivity index (χ4v) is 3.44. The second-order valence-electron chi connectivity index (χ2n) is 6.27. The Bertz CT molecular complexity index is 213. The maximum Gasteiger partial charge on any atom is 0.0246 e. The summed E-state index contributed by atoms with van der Waals surface area (Å²) in [7, 11) is 2.30. The second kappa shape index (κ2) is 4.42. The van der Waals surface area contributed by atoms with Crippen LogP contribution in [-0.2, 0) is 0 Å². The van der Waals surface area contributed by atoms with Crippen molar-refractivity contribution in [2.75, 3.05) is 26.7 Å². The minimum absolute atomic E-state index is 0.585. The van der Waals surface area contributed by atoms with Crippen LogP contribution in [0.2, 0.25) is 0 Å². The zero-order valence-corrected chi connectivity index (χ0v) is 10.6. The highest BCUT2D eigenvalue weighted by Gasteiger charge is 2.34. The summed E-state index contributed by atoms with van der Waals surface area (Å²) >= 11 is 0. The first-order chi connectivity index (χ1) is 7.08. The van der Waals surface area contributed by atoms with E-state index < -0.39 is 0 Å². The highest BCUT2D eigenvalue weighted by molar-refractivity contribution is 4.89. The van der Waals surface area contributed by atoms with Gasteiger partial charge in [0.15, 0.2) is 0 Å². The number of likely N-dealkylation sites (N-methyl/N-ethyl adjacent to an activating group) is 1. The van der Waals surface area contributed by atoms with Gasteiger partial charge in [0.1, 0.15) is 0 Å². The zero-order valence-electron chi connectivity index (χ0n) is 10.6. The van der Waals surface area contributed by atoms with E-state index in [1.165, 1.54) is 45.3 Å². The van der Waals surface area contributed by atoms with Crippen LogP contribution in [0.5, 0.6) is 0 Å². The third-order valence-electron chi connectivity index (χ3n) is 4.35. The Hall–Kier alpha value is -0.0800. The lowest BCUT2D eigenvalue weighted by atomic mass is 9.69. The lowest BCUT2D eigenvalue weighted by Gasteiger charge is -2.44. The number of nitrogens with one attached hydrogen (secondary N) is 1. The molecule has 0 aromatic rings. The average molecular weight is 210 g/mol. The number of piperazine rings is 1. The molecular formula is C13H26N2. The highest BCUT2D eigenvalue weighted by atomic mass is 15.2. The maximum absolute atomic E-state index is 3.55. The molecule has 1 N–H and O–H groups in total. The number of nitrogens with zero attached hydrogens (tertiary/aromatic N) is 1. The third-order valence-corrected chi connectivity index (χ3v) is 4.35. The molecule has 2 aliphatic rings. The number of hydrogen-bond donors (Lipinski definition) is 1. The molecule has 2 atom stereocenters. The Morgan fingerprint density at radius 1 is 1.33 bits per heavy atom. The van der Waals surface area contributed by atoms with Crippen molar-refractivity contribution in [2.24, 2.45) is 11.3 Å². The standard InChI is InChI=1S/C13H26N2/c1-13(2)6-4-5-11(9-13)12-10-14-7-8-15(12)3/h11-12,14H,4-10H2,1-3H3. The first kappa shape index (κ1) is 11.4. The number of rotatable bonds is 1. The van der Waals surface area contributed by atoms with Crippen LogP contribution >= 0.6 is 0 Å². The Labute approximate surface area is 94.4 Å². The van der Waals surface area contributed by atoms with E-state index in [0.717, 1.165) is 12.0 Å². The molecule has 2 unspecified atom stereocenters. The lowest BCUT2D eigenvalue weighted by molar-refractivity contribution is 0.0749. The van der Waals surface area contributed by atoms with Gasteiger partial charge in [-0.3, -0.25) is 0 Å². The van der Waals surface area contributed by atoms with E-state index >= 15 is 0 Å². The van der Waals surface area contributed by atoms with Crippen LogP contribution in [0.3, 0.4) is 0 Å². The van der Waals surface area contributed by atoms with Gasteiger partial charge in [0, 0.05) is 25.7 Å². The summed E-state index contributed by atoms with van der Waals surface area (Å²) in [5, 5.41) is 3.55. The molecule has 1 saturated carbocycles. The summed E-state index contributed by atoms with van der Waals surface area (Å²) in [6.07, 6.45) is 5.72. The Balaban J connectivity index is 1.96. The molecule has 2 fully saturated rings. The van der Waals surface area contributed by atoms with Crippen LogP contribution in [0.15, 0.2) is 0 Å². The van der Waals surface area contributed by atoms with Gasteiger partial charge in [-0.1, -0.05) is 20.3 Å². The van der Waals surface area contributed by atoms with Gasteiger partial charge in [0.05, 0.1) is 0 Å². The second-order valence-corrected chi connectivity index (χ2v) is 6.27. The molecule has 2 nitrogen and oxygen atoms in total. The summed E-state index contributed by atoms with van der Waals surface area (Å²) in [5.74, 6) is 0.923. The Kier molecular flexibility index (Phi) is 3.36. The topological polar surface area (TPSA) is 15.3 Å². The van der Waals surface area contributed by atoms with Gasteiger partial charge in [-0.05, 0) is 37.6 Å². The Morgan fingerprint density at radius 3 is 2.80 bits per heavy atom. The molecule has 1 aliphatic carbocycles. The molecule has 0 aromatic carbocycles. The van der Waals surface area contributed by atoms with Crippen LogP contribution in [0.4, 0.5) is 0 Å². The molecule has 15 heavy (non-hydrogen) atoms. The molecule has 0 radical (unpaired) electrons. The van der Waals surface area contributed by atoms with Gasteiger partial charge in [-0.2, -0.15) is 0 Å². The molecule has 0 bridgehead atoms. The molecular weight excluding hydrogens is 184 g/mol. The zero-order chi connectivity index (χ0) is 10.9. The van der Waals surface area contributed by atoms with Gasteiger partial charge < -0.3 is 10.2 Å². The molecule has 0 amide bonds. The predicted molar refractivity (Wildman–Crippen MR) is 65.0 cm³/mol. The van der Waals surface area contributed by atoms with E-state index in [1.807, 2.05) is 0 Å². The van der Waals surface area contributed by atoms with Crippen molar-refractivity contribution in [1.82, 2.24) is 10.2 Å². The monoisotopic (exact) mass is 210 g/mol. The molecule has 1 saturated heterocycles. The van der Waals surface area contributed by atoms with E-state index in [1.54, 1.807) is 0 Å². The fraction of sp³-hybridized carbons (Fsp3) is 1.00. The smallest absolute Gasteiger partial charge is 0.0246 e. The van der Waals surface area contributed by atoms with Crippen LogP contribution in [-0.4, -0.2) is 37.6 Å². The SMILES string of the molecule is CN1CCNCC1C1CCCC(C)(C)C1. The molecule has 0 aromatic heterocycles. The third kappa shape index (κ3) is 2.73. The van der Waals surface area contributed by atoms with Crippen molar-refractivity contribution in [3.63, 3.8) is 0 Å². The van der Waals surface area contributed by atoms with Crippen LogP contribution in [0, 0.1) is 11.3 Å². The molecule has 88 valence electrons. The maximum atomic E-state index is 3.55. The quantitative estimate of drug-likeness (QED) is 0.713. The minimum atomic E-state index is 0.585. The largest absolute Gasteiger partial charge is 0.314 e. The van der Waals surface area contributed by atoms with Gasteiger partial charge >= 0.3 is 0 Å². The summed E-state index contributed by atoms with van der Waals surface area (Å²) in [6, 6.07) is 0.790. The lowest BCUT2D eigenvalue weighted by Crippen LogP contribution is -2.53. The van der Waals surface area contributed by atoms with Gasteiger partial charge in [0.2, 0.25) is 0 Å². The molecule has 2 rings (SSSR count). The highest BCUT2D eigenvalue weighted by Crippen LogP contribution is 2.40. The average Bonchev–Trinajstić information content (AvgIpc) is 2.17. The minimum Gasteiger partial charge on any atom is -0.314 e.